The van der Waals surface area contributed by atoms with E-state index < -0.39 is 6.04 Å². The van der Waals surface area contributed by atoms with Crippen molar-refractivity contribution < 1.29 is 8.81 Å². The van der Waals surface area contributed by atoms with Gasteiger partial charge in [0.25, 0.3) is 0 Å². The SMILES string of the molecule is Cc1ccc2oc(C(NN)c3c(F)cccc3Br)cc2c1. The highest BCUT2D eigenvalue weighted by Gasteiger charge is 2.23. The van der Waals surface area contributed by atoms with Gasteiger partial charge in [-0.15, -0.1) is 0 Å². The number of nitrogens with one attached hydrogen (secondary N) is 1. The Morgan fingerprint density at radius 2 is 2.05 bits per heavy atom. The monoisotopic (exact) mass is 348 g/mol. The van der Waals surface area contributed by atoms with Crippen LogP contribution < -0.4 is 11.3 Å². The normalized spacial score (nSPS) is 12.8. The lowest BCUT2D eigenvalue weighted by Gasteiger charge is -2.16. The van der Waals surface area contributed by atoms with Gasteiger partial charge in [-0.25, -0.2) is 9.82 Å². The Morgan fingerprint density at radius 3 is 2.76 bits per heavy atom. The Labute approximate surface area is 130 Å². The van der Waals surface area contributed by atoms with Crippen LogP contribution in [-0.2, 0) is 0 Å². The third kappa shape index (κ3) is 2.60. The van der Waals surface area contributed by atoms with Crippen molar-refractivity contribution in [2.75, 3.05) is 0 Å². The van der Waals surface area contributed by atoms with Gasteiger partial charge < -0.3 is 4.42 Å². The lowest BCUT2D eigenvalue weighted by molar-refractivity contribution is 0.461. The number of furan rings is 1. The highest BCUT2D eigenvalue weighted by molar-refractivity contribution is 9.10. The number of benzene rings is 2. The first kappa shape index (κ1) is 14.3. The smallest absolute Gasteiger partial charge is 0.134 e. The minimum atomic E-state index is -0.562. The van der Waals surface area contributed by atoms with Crippen molar-refractivity contribution in [3.8, 4) is 0 Å². The molecule has 0 amide bonds. The predicted octanol–water partition coefficient (Wildman–Crippen LogP) is 4.20. The van der Waals surface area contributed by atoms with Crippen molar-refractivity contribution in [1.29, 1.82) is 0 Å². The lowest BCUT2D eigenvalue weighted by Crippen LogP contribution is -2.29. The van der Waals surface area contributed by atoms with Crippen LogP contribution in [0.2, 0.25) is 0 Å². The van der Waals surface area contributed by atoms with Crippen molar-refractivity contribution in [2.45, 2.75) is 13.0 Å². The molecule has 0 aliphatic heterocycles. The van der Waals surface area contributed by atoms with Gasteiger partial charge in [0.2, 0.25) is 0 Å². The van der Waals surface area contributed by atoms with Crippen molar-refractivity contribution in [1.82, 2.24) is 5.43 Å². The maximum Gasteiger partial charge on any atom is 0.134 e. The first-order chi connectivity index (χ1) is 10.1. The minimum Gasteiger partial charge on any atom is -0.459 e. The number of hydrogen-bond acceptors (Lipinski definition) is 3. The molecule has 21 heavy (non-hydrogen) atoms. The van der Waals surface area contributed by atoms with Gasteiger partial charge in [-0.1, -0.05) is 33.6 Å². The van der Waals surface area contributed by atoms with E-state index in [0.717, 1.165) is 16.5 Å². The molecule has 3 aromatic rings. The maximum absolute atomic E-state index is 14.1. The topological polar surface area (TPSA) is 51.2 Å². The molecule has 1 aromatic heterocycles. The van der Waals surface area contributed by atoms with Crippen LogP contribution in [-0.4, -0.2) is 0 Å². The Hall–Kier alpha value is -1.69. The molecule has 0 saturated heterocycles. The van der Waals surface area contributed by atoms with Crippen LogP contribution in [0.4, 0.5) is 4.39 Å². The van der Waals surface area contributed by atoms with Crippen molar-refractivity contribution >= 4 is 26.9 Å². The van der Waals surface area contributed by atoms with Gasteiger partial charge in [-0.05, 0) is 37.3 Å². The minimum absolute atomic E-state index is 0.344. The molecule has 3 rings (SSSR count). The Morgan fingerprint density at radius 1 is 1.24 bits per heavy atom. The molecule has 1 atom stereocenters. The van der Waals surface area contributed by atoms with E-state index in [2.05, 4.69) is 21.4 Å². The van der Waals surface area contributed by atoms with Gasteiger partial charge in [0.1, 0.15) is 23.2 Å². The van der Waals surface area contributed by atoms with Crippen LogP contribution in [0, 0.1) is 12.7 Å². The zero-order valence-corrected chi connectivity index (χ0v) is 12.9. The molecule has 0 spiro atoms. The van der Waals surface area contributed by atoms with E-state index in [1.165, 1.54) is 6.07 Å². The number of halogens is 2. The summed E-state index contributed by atoms with van der Waals surface area (Å²) in [5.41, 5.74) is 4.95. The van der Waals surface area contributed by atoms with Crippen molar-refractivity contribution in [2.24, 2.45) is 5.84 Å². The first-order valence-electron chi connectivity index (χ1n) is 6.50. The van der Waals surface area contributed by atoms with Crippen molar-refractivity contribution in [3.05, 3.63) is 69.6 Å². The average molecular weight is 349 g/mol. The number of fused-ring (bicyclic) bond motifs is 1. The summed E-state index contributed by atoms with van der Waals surface area (Å²) in [6, 6.07) is 12.0. The number of aryl methyl sites for hydroxylation is 1. The molecule has 0 bridgehead atoms. The molecular weight excluding hydrogens is 335 g/mol. The molecule has 0 aliphatic rings. The molecule has 3 N–H and O–H groups in total. The molecule has 3 nitrogen and oxygen atoms in total. The zero-order chi connectivity index (χ0) is 15.0. The van der Waals surface area contributed by atoms with Crippen molar-refractivity contribution in [3.63, 3.8) is 0 Å². The summed E-state index contributed by atoms with van der Waals surface area (Å²) in [5, 5.41) is 0.970. The fourth-order valence-electron chi connectivity index (χ4n) is 2.42. The predicted molar refractivity (Wildman–Crippen MR) is 84.2 cm³/mol. The van der Waals surface area contributed by atoms with Crippen LogP contribution in [0.15, 0.2) is 51.4 Å². The molecule has 0 saturated carbocycles. The summed E-state index contributed by atoms with van der Waals surface area (Å²) >= 11 is 3.36. The average Bonchev–Trinajstić information content (AvgIpc) is 2.85. The second kappa shape index (κ2) is 5.60. The van der Waals surface area contributed by atoms with Gasteiger partial charge >= 0.3 is 0 Å². The van der Waals surface area contributed by atoms with E-state index in [-0.39, 0.29) is 5.82 Å². The Kier molecular flexibility index (Phi) is 3.80. The second-order valence-corrected chi connectivity index (χ2v) is 5.78. The Balaban J connectivity index is 2.14. The molecule has 108 valence electrons. The fraction of sp³-hybridized carbons (Fsp3) is 0.125. The van der Waals surface area contributed by atoms with Gasteiger partial charge in [0, 0.05) is 15.4 Å². The second-order valence-electron chi connectivity index (χ2n) is 4.93. The largest absolute Gasteiger partial charge is 0.459 e. The van der Waals surface area contributed by atoms with Crippen LogP contribution in [0.25, 0.3) is 11.0 Å². The summed E-state index contributed by atoms with van der Waals surface area (Å²) < 4.78 is 20.6. The van der Waals surface area contributed by atoms with Crippen LogP contribution in [0.5, 0.6) is 0 Å². The van der Waals surface area contributed by atoms with Crippen LogP contribution in [0.3, 0.4) is 0 Å². The Bertz CT molecular complexity index is 780. The van der Waals surface area contributed by atoms with E-state index >= 15 is 0 Å². The standard InChI is InChI=1S/C16H14BrFN2O/c1-9-5-6-13-10(7-9)8-14(21-13)16(20-19)15-11(17)3-2-4-12(15)18/h2-8,16,20H,19H2,1H3. The van der Waals surface area contributed by atoms with E-state index in [1.807, 2.05) is 31.2 Å². The number of rotatable bonds is 3. The van der Waals surface area contributed by atoms with Crippen LogP contribution >= 0.6 is 15.9 Å². The number of nitrogens with two attached hydrogens (primary N) is 1. The third-order valence-corrected chi connectivity index (χ3v) is 4.12. The van der Waals surface area contributed by atoms with Gasteiger partial charge in [-0.3, -0.25) is 5.84 Å². The molecular formula is C16H14BrFN2O. The molecule has 0 fully saturated rings. The molecule has 5 heteroatoms. The van der Waals surface area contributed by atoms with E-state index in [9.17, 15) is 4.39 Å². The van der Waals surface area contributed by atoms with Gasteiger partial charge in [0.15, 0.2) is 0 Å². The zero-order valence-electron chi connectivity index (χ0n) is 11.4. The van der Waals surface area contributed by atoms with E-state index in [0.29, 0.717) is 15.8 Å². The maximum atomic E-state index is 14.1. The number of hydrogen-bond donors (Lipinski definition) is 2. The summed E-state index contributed by atoms with van der Waals surface area (Å²) in [6.45, 7) is 2.01. The molecule has 0 radical (unpaired) electrons. The summed E-state index contributed by atoms with van der Waals surface area (Å²) in [5.74, 6) is 5.86. The summed E-state index contributed by atoms with van der Waals surface area (Å²) in [7, 11) is 0. The fourth-order valence-corrected chi connectivity index (χ4v) is 2.99. The summed E-state index contributed by atoms with van der Waals surface area (Å²) in [6.07, 6.45) is 0. The summed E-state index contributed by atoms with van der Waals surface area (Å²) in [4.78, 5) is 0. The third-order valence-electron chi connectivity index (χ3n) is 3.43. The molecule has 0 aliphatic carbocycles. The molecule has 1 heterocycles. The number of hydrazine groups is 1. The molecule has 1 unspecified atom stereocenters. The highest BCUT2D eigenvalue weighted by atomic mass is 79.9. The molecule has 2 aromatic carbocycles. The lowest BCUT2D eigenvalue weighted by atomic mass is 10.0. The first-order valence-corrected chi connectivity index (χ1v) is 7.29. The quantitative estimate of drug-likeness (QED) is 0.551. The highest BCUT2D eigenvalue weighted by Crippen LogP contribution is 2.33. The van der Waals surface area contributed by atoms with Gasteiger partial charge in [-0.2, -0.15) is 0 Å². The van der Waals surface area contributed by atoms with Gasteiger partial charge in [0.05, 0.1) is 0 Å². The van der Waals surface area contributed by atoms with Crippen LogP contribution in [0.1, 0.15) is 22.9 Å². The van der Waals surface area contributed by atoms with E-state index in [4.69, 9.17) is 10.3 Å². The van der Waals surface area contributed by atoms with E-state index in [1.54, 1.807) is 12.1 Å².